The Hall–Kier alpha value is -4.33. The minimum Gasteiger partial charge on any atom is -0.507 e. The molecule has 0 aliphatic carbocycles. The number of phenols is 1. The molecule has 0 aromatic heterocycles. The Morgan fingerprint density at radius 2 is 1.74 bits per heavy atom. The Labute approximate surface area is 204 Å². The van der Waals surface area contributed by atoms with Crippen LogP contribution in [0.25, 0.3) is 0 Å². The molecule has 0 heterocycles. The number of hydrogen-bond donors (Lipinski definition) is 3. The molecule has 8 heteroatoms. The number of hydrazone groups is 1. The van der Waals surface area contributed by atoms with Crippen LogP contribution in [0.15, 0.2) is 71.8 Å². The van der Waals surface area contributed by atoms with E-state index in [0.717, 1.165) is 11.3 Å². The van der Waals surface area contributed by atoms with Crippen LogP contribution in [0.2, 0.25) is 0 Å². The molecule has 3 aromatic carbocycles. The highest BCUT2D eigenvalue weighted by atomic mass is 16.5. The summed E-state index contributed by atoms with van der Waals surface area (Å²) in [6, 6.07) is 19.0. The molecule has 0 radical (unpaired) electrons. The van der Waals surface area contributed by atoms with Gasteiger partial charge in [-0.3, -0.25) is 9.59 Å². The van der Waals surface area contributed by atoms with Crippen molar-refractivity contribution in [2.75, 3.05) is 18.5 Å². The summed E-state index contributed by atoms with van der Waals surface area (Å²) in [4.78, 5) is 24.6. The summed E-state index contributed by atoms with van der Waals surface area (Å²) in [6.45, 7) is 6.19. The molecule has 0 aliphatic heterocycles. The minimum atomic E-state index is -0.533. The van der Waals surface area contributed by atoms with Crippen LogP contribution in [0.4, 0.5) is 5.69 Å². The van der Waals surface area contributed by atoms with Crippen molar-refractivity contribution in [3.05, 3.63) is 83.4 Å². The fraction of sp³-hybridized carbons (Fsp3) is 0.222. The molecule has 0 saturated heterocycles. The molecule has 182 valence electrons. The van der Waals surface area contributed by atoms with E-state index in [9.17, 15) is 14.7 Å². The number of aromatic hydroxyl groups is 1. The lowest BCUT2D eigenvalue weighted by Gasteiger charge is -2.15. The Bertz CT molecular complexity index is 1210. The summed E-state index contributed by atoms with van der Waals surface area (Å²) in [7, 11) is 0. The van der Waals surface area contributed by atoms with Crippen molar-refractivity contribution in [1.82, 2.24) is 5.43 Å². The summed E-state index contributed by atoms with van der Waals surface area (Å²) in [5.74, 6) is 0.187. The maximum Gasteiger partial charge on any atom is 0.275 e. The van der Waals surface area contributed by atoms with Gasteiger partial charge in [0.25, 0.3) is 11.8 Å². The molecule has 0 aliphatic rings. The normalized spacial score (nSPS) is 10.9. The van der Waals surface area contributed by atoms with Gasteiger partial charge in [0.15, 0.2) is 18.1 Å². The van der Waals surface area contributed by atoms with E-state index in [4.69, 9.17) is 9.47 Å². The number of phenolic OH excluding ortho intramolecular Hbond substituents is 1. The lowest BCUT2D eigenvalue weighted by Crippen LogP contribution is -2.21. The van der Waals surface area contributed by atoms with E-state index in [2.05, 4.69) is 29.7 Å². The first-order chi connectivity index (χ1) is 16.9. The highest BCUT2D eigenvalue weighted by Crippen LogP contribution is 2.28. The smallest absolute Gasteiger partial charge is 0.275 e. The lowest BCUT2D eigenvalue weighted by atomic mass is 10.0. The number of nitrogens with one attached hydrogen (secondary N) is 2. The van der Waals surface area contributed by atoms with Crippen molar-refractivity contribution in [1.29, 1.82) is 0 Å². The first-order valence-corrected chi connectivity index (χ1v) is 11.3. The van der Waals surface area contributed by atoms with E-state index in [0.29, 0.717) is 23.7 Å². The first-order valence-electron chi connectivity index (χ1n) is 11.3. The molecule has 35 heavy (non-hydrogen) atoms. The second-order valence-corrected chi connectivity index (χ2v) is 7.93. The zero-order chi connectivity index (χ0) is 25.2. The number of benzene rings is 3. The van der Waals surface area contributed by atoms with E-state index >= 15 is 0 Å². The zero-order valence-electron chi connectivity index (χ0n) is 19.9. The lowest BCUT2D eigenvalue weighted by molar-refractivity contribution is -0.118. The summed E-state index contributed by atoms with van der Waals surface area (Å²) in [5.41, 5.74) is 4.96. The number of rotatable bonds is 10. The number of para-hydroxylation sites is 2. The van der Waals surface area contributed by atoms with Crippen LogP contribution < -0.4 is 20.2 Å². The third kappa shape index (κ3) is 7.07. The van der Waals surface area contributed by atoms with Gasteiger partial charge in [0, 0.05) is 5.69 Å². The van der Waals surface area contributed by atoms with Crippen molar-refractivity contribution < 1.29 is 24.2 Å². The van der Waals surface area contributed by atoms with Crippen LogP contribution in [-0.4, -0.2) is 36.3 Å². The molecule has 0 fully saturated rings. The second-order valence-electron chi connectivity index (χ2n) is 7.93. The number of hydrogen-bond acceptors (Lipinski definition) is 6. The Morgan fingerprint density at radius 3 is 2.49 bits per heavy atom. The molecule has 0 bridgehead atoms. The van der Waals surface area contributed by atoms with Crippen LogP contribution in [0.3, 0.4) is 0 Å². The van der Waals surface area contributed by atoms with Gasteiger partial charge in [0.05, 0.1) is 18.4 Å². The Kier molecular flexibility index (Phi) is 8.83. The molecule has 3 aromatic rings. The van der Waals surface area contributed by atoms with Crippen molar-refractivity contribution in [2.45, 2.75) is 26.7 Å². The number of nitrogens with zero attached hydrogens (tertiary/aromatic N) is 1. The molecule has 3 rings (SSSR count). The van der Waals surface area contributed by atoms with Crippen LogP contribution >= 0.6 is 0 Å². The van der Waals surface area contributed by atoms with Gasteiger partial charge in [-0.25, -0.2) is 5.43 Å². The molecule has 0 unspecified atom stereocenters. The SMILES string of the molecule is CCOc1cc(/C=N\NC(=O)c2ccccc2O)ccc1OCC(=O)Nc1ccccc1C(C)C. The van der Waals surface area contributed by atoms with E-state index < -0.39 is 5.91 Å². The molecule has 3 N–H and O–H groups in total. The molecule has 8 nitrogen and oxygen atoms in total. The highest BCUT2D eigenvalue weighted by molar-refractivity contribution is 5.97. The van der Waals surface area contributed by atoms with Crippen LogP contribution in [0.1, 0.15) is 48.2 Å². The van der Waals surface area contributed by atoms with Gasteiger partial charge >= 0.3 is 0 Å². The van der Waals surface area contributed by atoms with Gasteiger partial charge in [-0.1, -0.05) is 44.2 Å². The van der Waals surface area contributed by atoms with Gasteiger partial charge in [0.2, 0.25) is 0 Å². The van der Waals surface area contributed by atoms with E-state index in [-0.39, 0.29) is 29.7 Å². The third-order valence-electron chi connectivity index (χ3n) is 5.01. The topological polar surface area (TPSA) is 109 Å². The van der Waals surface area contributed by atoms with E-state index in [1.165, 1.54) is 18.3 Å². The fourth-order valence-corrected chi connectivity index (χ4v) is 3.33. The van der Waals surface area contributed by atoms with Gasteiger partial charge in [-0.15, -0.1) is 0 Å². The third-order valence-corrected chi connectivity index (χ3v) is 5.01. The summed E-state index contributed by atoms with van der Waals surface area (Å²) < 4.78 is 11.4. The summed E-state index contributed by atoms with van der Waals surface area (Å²) in [5, 5.41) is 16.6. The van der Waals surface area contributed by atoms with Gasteiger partial charge in [-0.2, -0.15) is 5.10 Å². The number of anilines is 1. The summed E-state index contributed by atoms with van der Waals surface area (Å²) in [6.07, 6.45) is 1.44. The number of ether oxygens (including phenoxy) is 2. The van der Waals surface area contributed by atoms with Crippen molar-refractivity contribution in [3.63, 3.8) is 0 Å². The Morgan fingerprint density at radius 1 is 1.00 bits per heavy atom. The molecule has 0 atom stereocenters. The predicted octanol–water partition coefficient (Wildman–Crippen LogP) is 4.70. The molecule has 0 spiro atoms. The Balaban J connectivity index is 1.63. The fourth-order valence-electron chi connectivity index (χ4n) is 3.33. The van der Waals surface area contributed by atoms with Crippen molar-refractivity contribution in [3.8, 4) is 17.2 Å². The van der Waals surface area contributed by atoms with Crippen LogP contribution in [0.5, 0.6) is 17.2 Å². The van der Waals surface area contributed by atoms with Crippen LogP contribution in [-0.2, 0) is 4.79 Å². The maximum atomic E-state index is 12.5. The highest BCUT2D eigenvalue weighted by Gasteiger charge is 2.12. The molecular weight excluding hydrogens is 446 g/mol. The van der Waals surface area contributed by atoms with E-state index in [1.54, 1.807) is 30.3 Å². The minimum absolute atomic E-state index is 0.123. The second kappa shape index (κ2) is 12.2. The monoisotopic (exact) mass is 475 g/mol. The predicted molar refractivity (Wildman–Crippen MR) is 135 cm³/mol. The molecular formula is C27H29N3O5. The zero-order valence-corrected chi connectivity index (χ0v) is 19.9. The quantitative estimate of drug-likeness (QED) is 0.291. The molecule has 2 amide bonds. The number of carbonyl (C=O) groups is 2. The number of carbonyl (C=O) groups excluding carboxylic acids is 2. The summed E-state index contributed by atoms with van der Waals surface area (Å²) >= 11 is 0. The first kappa shape index (κ1) is 25.3. The molecule has 0 saturated carbocycles. The average molecular weight is 476 g/mol. The van der Waals surface area contributed by atoms with Gasteiger partial charge in [0.1, 0.15) is 5.75 Å². The van der Waals surface area contributed by atoms with Gasteiger partial charge in [-0.05, 0) is 60.4 Å². The average Bonchev–Trinajstić information content (AvgIpc) is 2.84. The van der Waals surface area contributed by atoms with Crippen LogP contribution in [0, 0.1) is 0 Å². The standard InChI is InChI=1S/C27H29N3O5/c1-4-34-25-15-19(16-28-30-27(33)21-10-6-8-12-23(21)31)13-14-24(25)35-17-26(32)29-22-11-7-5-9-20(22)18(2)3/h5-16,18,31H,4,17H2,1-3H3,(H,29,32)(H,30,33)/b28-16-. The van der Waals surface area contributed by atoms with E-state index in [1.807, 2.05) is 31.2 Å². The number of amides is 2. The van der Waals surface area contributed by atoms with Gasteiger partial charge < -0.3 is 19.9 Å². The van der Waals surface area contributed by atoms with Crippen molar-refractivity contribution >= 4 is 23.7 Å². The van der Waals surface area contributed by atoms with Crippen molar-refractivity contribution in [2.24, 2.45) is 5.10 Å². The largest absolute Gasteiger partial charge is 0.507 e. The maximum absolute atomic E-state index is 12.5.